The summed E-state index contributed by atoms with van der Waals surface area (Å²) < 4.78 is 2.06. The second-order valence-electron chi connectivity index (χ2n) is 9.36. The number of aryl methyl sites for hydroxylation is 2. The minimum absolute atomic E-state index is 0.0140. The number of aromatic nitrogens is 2. The topological polar surface area (TPSA) is 67.2 Å². The maximum atomic E-state index is 13.2. The average molecular weight is 475 g/mol. The number of thioether (sulfide) groups is 1. The minimum atomic E-state index is -0.0140. The van der Waals surface area contributed by atoms with E-state index < -0.39 is 0 Å². The molecule has 0 unspecified atom stereocenters. The molecule has 2 fully saturated rings. The zero-order chi connectivity index (χ0) is 23.7. The predicted octanol–water partition coefficient (Wildman–Crippen LogP) is 4.66. The second kappa shape index (κ2) is 9.66. The van der Waals surface area contributed by atoms with Gasteiger partial charge in [0.15, 0.2) is 5.16 Å². The van der Waals surface area contributed by atoms with Crippen molar-refractivity contribution in [2.45, 2.75) is 63.3 Å². The maximum Gasteiger partial charge on any atom is 0.251 e. The van der Waals surface area contributed by atoms with Crippen LogP contribution in [0.5, 0.6) is 0 Å². The molecule has 3 aromatic rings. The predicted molar refractivity (Wildman–Crippen MR) is 134 cm³/mol. The highest BCUT2D eigenvalue weighted by molar-refractivity contribution is 7.99. The van der Waals surface area contributed by atoms with Crippen molar-refractivity contribution in [1.29, 1.82) is 0 Å². The van der Waals surface area contributed by atoms with E-state index in [9.17, 15) is 9.59 Å². The standard InChI is InChI=1S/C27H30N4O2S/c1-18-3-4-19(2)24(15-18)30-14-13-28-27(30)34-17-25(32)31(23-11-12-23)16-20-5-7-21(8-6-20)26(33)29-22-9-10-22/h3-8,13-15,22-23H,9-12,16-17H2,1-2H3,(H,29,33). The molecule has 0 saturated heterocycles. The molecule has 2 amide bonds. The number of benzene rings is 2. The van der Waals surface area contributed by atoms with Gasteiger partial charge in [-0.25, -0.2) is 4.98 Å². The normalized spacial score (nSPS) is 15.2. The van der Waals surface area contributed by atoms with E-state index in [4.69, 9.17) is 0 Å². The molecular weight excluding hydrogens is 444 g/mol. The lowest BCUT2D eigenvalue weighted by molar-refractivity contribution is -0.129. The Balaban J connectivity index is 1.23. The van der Waals surface area contributed by atoms with E-state index in [-0.39, 0.29) is 11.8 Å². The Labute approximate surface area is 204 Å². The number of carbonyl (C=O) groups excluding carboxylic acids is 2. The highest BCUT2D eigenvalue weighted by Gasteiger charge is 2.32. The lowest BCUT2D eigenvalue weighted by Gasteiger charge is -2.22. The van der Waals surface area contributed by atoms with Crippen LogP contribution in [0.3, 0.4) is 0 Å². The summed E-state index contributed by atoms with van der Waals surface area (Å²) in [6, 6.07) is 14.7. The summed E-state index contributed by atoms with van der Waals surface area (Å²) >= 11 is 1.48. The fourth-order valence-electron chi connectivity index (χ4n) is 4.03. The Morgan fingerprint density at radius 3 is 2.56 bits per heavy atom. The van der Waals surface area contributed by atoms with Gasteiger partial charge in [-0.1, -0.05) is 36.0 Å². The summed E-state index contributed by atoms with van der Waals surface area (Å²) in [5.74, 6) is 0.457. The van der Waals surface area contributed by atoms with E-state index in [1.54, 1.807) is 6.20 Å². The van der Waals surface area contributed by atoms with Gasteiger partial charge in [0.1, 0.15) is 0 Å². The van der Waals surface area contributed by atoms with Gasteiger partial charge in [-0.3, -0.25) is 14.2 Å². The monoisotopic (exact) mass is 474 g/mol. The van der Waals surface area contributed by atoms with Crippen LogP contribution in [0.2, 0.25) is 0 Å². The molecule has 2 aliphatic rings. The largest absolute Gasteiger partial charge is 0.349 e. The number of carbonyl (C=O) groups is 2. The maximum absolute atomic E-state index is 13.2. The van der Waals surface area contributed by atoms with Crippen molar-refractivity contribution in [1.82, 2.24) is 19.8 Å². The zero-order valence-electron chi connectivity index (χ0n) is 19.7. The van der Waals surface area contributed by atoms with Crippen molar-refractivity contribution >= 4 is 23.6 Å². The Bertz CT molecular complexity index is 1200. The minimum Gasteiger partial charge on any atom is -0.349 e. The Morgan fingerprint density at radius 2 is 1.85 bits per heavy atom. The van der Waals surface area contributed by atoms with Crippen molar-refractivity contribution in [3.63, 3.8) is 0 Å². The number of rotatable bonds is 9. The van der Waals surface area contributed by atoms with Crippen LogP contribution in [0.1, 0.15) is 52.7 Å². The number of amides is 2. The third-order valence-corrected chi connectivity index (χ3v) is 7.30. The SMILES string of the molecule is Cc1ccc(C)c(-n2ccnc2SCC(=O)N(Cc2ccc(C(=O)NC3CC3)cc2)C2CC2)c1. The molecular formula is C27H30N4O2S. The van der Waals surface area contributed by atoms with Crippen LogP contribution >= 0.6 is 11.8 Å². The van der Waals surface area contributed by atoms with Gasteiger partial charge < -0.3 is 10.2 Å². The van der Waals surface area contributed by atoms with Crippen LogP contribution in [0.25, 0.3) is 5.69 Å². The molecule has 5 rings (SSSR count). The summed E-state index contributed by atoms with van der Waals surface area (Å²) in [6.07, 6.45) is 7.99. The first kappa shape index (κ1) is 22.7. The fourth-order valence-corrected chi connectivity index (χ4v) is 4.88. The third-order valence-electron chi connectivity index (χ3n) is 6.35. The molecule has 6 nitrogen and oxygen atoms in total. The number of hydrogen-bond acceptors (Lipinski definition) is 4. The molecule has 1 N–H and O–H groups in total. The first-order valence-corrected chi connectivity index (χ1v) is 12.9. The highest BCUT2D eigenvalue weighted by Crippen LogP contribution is 2.30. The highest BCUT2D eigenvalue weighted by atomic mass is 32.2. The molecule has 0 spiro atoms. The van der Waals surface area contributed by atoms with Crippen LogP contribution < -0.4 is 5.32 Å². The third kappa shape index (κ3) is 5.36. The smallest absolute Gasteiger partial charge is 0.251 e. The lowest BCUT2D eigenvalue weighted by atomic mass is 10.1. The van der Waals surface area contributed by atoms with Gasteiger partial charge in [0.2, 0.25) is 5.91 Å². The van der Waals surface area contributed by atoms with Gasteiger partial charge in [-0.15, -0.1) is 0 Å². The van der Waals surface area contributed by atoms with Gasteiger partial charge in [-0.05, 0) is 74.4 Å². The Morgan fingerprint density at radius 1 is 1.09 bits per heavy atom. The summed E-state index contributed by atoms with van der Waals surface area (Å²) in [5.41, 5.74) is 5.18. The molecule has 176 valence electrons. The molecule has 2 aromatic carbocycles. The molecule has 0 aliphatic heterocycles. The van der Waals surface area contributed by atoms with Gasteiger partial charge in [0.05, 0.1) is 11.4 Å². The van der Waals surface area contributed by atoms with Crippen molar-refractivity contribution < 1.29 is 9.59 Å². The van der Waals surface area contributed by atoms with Crippen molar-refractivity contribution in [2.24, 2.45) is 0 Å². The second-order valence-corrected chi connectivity index (χ2v) is 10.3. The number of nitrogens with zero attached hydrogens (tertiary/aromatic N) is 3. The first-order valence-electron chi connectivity index (χ1n) is 11.9. The molecule has 2 saturated carbocycles. The van der Waals surface area contributed by atoms with E-state index in [0.29, 0.717) is 29.9 Å². The van der Waals surface area contributed by atoms with E-state index in [0.717, 1.165) is 42.1 Å². The summed E-state index contributed by atoms with van der Waals surface area (Å²) in [5, 5.41) is 3.84. The molecule has 34 heavy (non-hydrogen) atoms. The van der Waals surface area contributed by atoms with Crippen LogP contribution in [0.4, 0.5) is 0 Å². The molecule has 0 bridgehead atoms. The van der Waals surface area contributed by atoms with E-state index in [1.807, 2.05) is 35.4 Å². The first-order chi connectivity index (χ1) is 16.5. The summed E-state index contributed by atoms with van der Waals surface area (Å²) in [7, 11) is 0. The summed E-state index contributed by atoms with van der Waals surface area (Å²) in [6.45, 7) is 4.74. The van der Waals surface area contributed by atoms with Crippen molar-refractivity contribution in [3.8, 4) is 5.69 Å². The number of nitrogens with one attached hydrogen (secondary N) is 1. The van der Waals surface area contributed by atoms with Crippen molar-refractivity contribution in [2.75, 3.05) is 5.75 Å². The Hall–Kier alpha value is -3.06. The van der Waals surface area contributed by atoms with Gasteiger partial charge in [0, 0.05) is 36.6 Å². The van der Waals surface area contributed by atoms with Gasteiger partial charge in [-0.2, -0.15) is 0 Å². The average Bonchev–Trinajstić information content (AvgIpc) is 3.77. The molecule has 7 heteroatoms. The molecule has 0 atom stereocenters. The molecule has 0 radical (unpaired) electrons. The fraction of sp³-hybridized carbons (Fsp3) is 0.370. The summed E-state index contributed by atoms with van der Waals surface area (Å²) in [4.78, 5) is 31.9. The van der Waals surface area contributed by atoms with Crippen molar-refractivity contribution in [3.05, 3.63) is 77.1 Å². The number of hydrogen-bond donors (Lipinski definition) is 1. The molecule has 1 heterocycles. The Kier molecular flexibility index (Phi) is 6.46. The molecule has 1 aromatic heterocycles. The van der Waals surface area contributed by atoms with Crippen LogP contribution in [0, 0.1) is 13.8 Å². The van der Waals surface area contributed by atoms with E-state index in [2.05, 4.69) is 46.9 Å². The van der Waals surface area contributed by atoms with Crippen LogP contribution in [0.15, 0.2) is 60.0 Å². The van der Waals surface area contributed by atoms with E-state index in [1.165, 1.54) is 22.9 Å². The van der Waals surface area contributed by atoms with Crippen LogP contribution in [-0.4, -0.2) is 44.1 Å². The lowest BCUT2D eigenvalue weighted by Crippen LogP contribution is -2.34. The van der Waals surface area contributed by atoms with Gasteiger partial charge in [0.25, 0.3) is 5.91 Å². The van der Waals surface area contributed by atoms with Crippen LogP contribution in [-0.2, 0) is 11.3 Å². The zero-order valence-corrected chi connectivity index (χ0v) is 20.5. The quantitative estimate of drug-likeness (QED) is 0.458. The molecule has 2 aliphatic carbocycles. The van der Waals surface area contributed by atoms with E-state index >= 15 is 0 Å². The van der Waals surface area contributed by atoms with Gasteiger partial charge >= 0.3 is 0 Å². The number of imidazole rings is 1.